The van der Waals surface area contributed by atoms with Gasteiger partial charge in [-0.2, -0.15) is 5.10 Å². The molecule has 1 aromatic heterocycles. The van der Waals surface area contributed by atoms with Crippen LogP contribution in [-0.2, 0) is 0 Å². The van der Waals surface area contributed by atoms with Gasteiger partial charge in [0.25, 0.3) is 5.91 Å². The molecule has 0 aliphatic carbocycles. The molecular formula is C9H11N3O. The molecule has 1 aliphatic rings. The van der Waals surface area contributed by atoms with E-state index in [9.17, 15) is 4.79 Å². The fourth-order valence-corrected chi connectivity index (χ4v) is 1.50. The van der Waals surface area contributed by atoms with Gasteiger partial charge in [-0.3, -0.25) is 4.79 Å². The molecule has 4 nitrogen and oxygen atoms in total. The third-order valence-electron chi connectivity index (χ3n) is 2.18. The molecule has 1 aliphatic heterocycles. The van der Waals surface area contributed by atoms with E-state index in [-0.39, 0.29) is 5.91 Å². The molecule has 0 unspecified atom stereocenters. The largest absolute Gasteiger partial charge is 0.337 e. The Labute approximate surface area is 76.6 Å². The highest BCUT2D eigenvalue weighted by molar-refractivity contribution is 5.92. The number of rotatable bonds is 1. The summed E-state index contributed by atoms with van der Waals surface area (Å²) in [6.45, 7) is 1.71. The van der Waals surface area contributed by atoms with Crippen molar-refractivity contribution in [3.63, 3.8) is 0 Å². The van der Waals surface area contributed by atoms with Crippen LogP contribution in [0.5, 0.6) is 0 Å². The van der Waals surface area contributed by atoms with Crippen molar-refractivity contribution in [3.05, 3.63) is 24.0 Å². The van der Waals surface area contributed by atoms with Crippen LogP contribution in [0.3, 0.4) is 0 Å². The molecule has 0 aromatic carbocycles. The summed E-state index contributed by atoms with van der Waals surface area (Å²) in [5, 5.41) is 7.46. The maximum absolute atomic E-state index is 11.7. The van der Waals surface area contributed by atoms with Crippen molar-refractivity contribution in [2.75, 3.05) is 13.1 Å². The van der Waals surface area contributed by atoms with Gasteiger partial charge in [-0.05, 0) is 25.0 Å². The van der Waals surface area contributed by atoms with E-state index < -0.39 is 0 Å². The van der Waals surface area contributed by atoms with E-state index in [4.69, 9.17) is 0 Å². The van der Waals surface area contributed by atoms with Crippen LogP contribution >= 0.6 is 0 Å². The summed E-state index contributed by atoms with van der Waals surface area (Å²) >= 11 is 0. The predicted molar refractivity (Wildman–Crippen MR) is 47.2 cm³/mol. The van der Waals surface area contributed by atoms with E-state index in [0.717, 1.165) is 25.9 Å². The Morgan fingerprint density at radius 1 is 1.38 bits per heavy atom. The van der Waals surface area contributed by atoms with E-state index in [1.807, 2.05) is 4.90 Å². The van der Waals surface area contributed by atoms with Gasteiger partial charge in [0, 0.05) is 19.3 Å². The first-order chi connectivity index (χ1) is 6.38. The number of hydrogen-bond donors (Lipinski definition) is 0. The molecule has 0 N–H and O–H groups in total. The monoisotopic (exact) mass is 177 g/mol. The lowest BCUT2D eigenvalue weighted by molar-refractivity contribution is 0.0786. The summed E-state index contributed by atoms with van der Waals surface area (Å²) in [6, 6.07) is 3.43. The minimum absolute atomic E-state index is 0.00519. The Balaban J connectivity index is 2.13. The van der Waals surface area contributed by atoms with Crippen molar-refractivity contribution in [2.24, 2.45) is 0 Å². The first-order valence-corrected chi connectivity index (χ1v) is 4.45. The molecular weight excluding hydrogens is 166 g/mol. The van der Waals surface area contributed by atoms with Gasteiger partial charge in [0.05, 0.1) is 0 Å². The fraction of sp³-hybridized carbons (Fsp3) is 0.444. The fourth-order valence-electron chi connectivity index (χ4n) is 1.50. The molecule has 0 atom stereocenters. The van der Waals surface area contributed by atoms with Gasteiger partial charge in [0.1, 0.15) is 0 Å². The lowest BCUT2D eigenvalue weighted by Gasteiger charge is -2.13. The summed E-state index contributed by atoms with van der Waals surface area (Å²) < 4.78 is 0. The quantitative estimate of drug-likeness (QED) is 0.634. The lowest BCUT2D eigenvalue weighted by atomic mass is 10.3. The van der Waals surface area contributed by atoms with Crippen molar-refractivity contribution >= 4 is 5.91 Å². The molecule has 13 heavy (non-hydrogen) atoms. The second kappa shape index (κ2) is 3.51. The van der Waals surface area contributed by atoms with E-state index in [2.05, 4.69) is 10.2 Å². The second-order valence-corrected chi connectivity index (χ2v) is 3.11. The summed E-state index contributed by atoms with van der Waals surface area (Å²) in [5.74, 6) is 0.00519. The second-order valence-electron chi connectivity index (χ2n) is 3.11. The number of amides is 1. The summed E-state index contributed by atoms with van der Waals surface area (Å²) in [6.07, 6.45) is 3.78. The molecule has 2 rings (SSSR count). The summed E-state index contributed by atoms with van der Waals surface area (Å²) in [4.78, 5) is 13.5. The average molecular weight is 177 g/mol. The van der Waals surface area contributed by atoms with Crippen LogP contribution in [-0.4, -0.2) is 34.1 Å². The summed E-state index contributed by atoms with van der Waals surface area (Å²) in [5.41, 5.74) is 0.449. The Kier molecular flexibility index (Phi) is 2.21. The number of likely N-dealkylation sites (tertiary alicyclic amines) is 1. The van der Waals surface area contributed by atoms with Gasteiger partial charge in [-0.1, -0.05) is 0 Å². The van der Waals surface area contributed by atoms with Crippen LogP contribution in [0.25, 0.3) is 0 Å². The minimum atomic E-state index is 0.00519. The highest BCUT2D eigenvalue weighted by Gasteiger charge is 2.20. The van der Waals surface area contributed by atoms with Crippen molar-refractivity contribution in [1.82, 2.24) is 15.1 Å². The van der Waals surface area contributed by atoms with Crippen molar-refractivity contribution in [2.45, 2.75) is 12.8 Å². The van der Waals surface area contributed by atoms with Crippen LogP contribution in [0, 0.1) is 0 Å². The highest BCUT2D eigenvalue weighted by Crippen LogP contribution is 2.10. The molecule has 0 bridgehead atoms. The molecule has 0 saturated carbocycles. The predicted octanol–water partition coefficient (Wildman–Crippen LogP) is 0.713. The van der Waals surface area contributed by atoms with Crippen LogP contribution in [0.2, 0.25) is 0 Å². The van der Waals surface area contributed by atoms with E-state index in [1.54, 1.807) is 18.3 Å². The molecule has 1 amide bonds. The Hall–Kier alpha value is -1.45. The van der Waals surface area contributed by atoms with Gasteiger partial charge in [-0.25, -0.2) is 0 Å². The number of carbonyl (C=O) groups excluding carboxylic acids is 1. The zero-order valence-electron chi connectivity index (χ0n) is 7.31. The minimum Gasteiger partial charge on any atom is -0.337 e. The average Bonchev–Trinajstić information content (AvgIpc) is 2.71. The first kappa shape index (κ1) is 8.16. The molecule has 1 saturated heterocycles. The van der Waals surface area contributed by atoms with Gasteiger partial charge in [0.2, 0.25) is 0 Å². The zero-order chi connectivity index (χ0) is 9.10. The molecule has 0 spiro atoms. The number of aromatic nitrogens is 2. The van der Waals surface area contributed by atoms with Crippen molar-refractivity contribution in [1.29, 1.82) is 0 Å². The topological polar surface area (TPSA) is 46.1 Å². The van der Waals surface area contributed by atoms with Gasteiger partial charge in [-0.15, -0.1) is 5.10 Å². The normalized spacial score (nSPS) is 16.2. The van der Waals surface area contributed by atoms with Crippen molar-refractivity contribution in [3.8, 4) is 0 Å². The maximum Gasteiger partial charge on any atom is 0.274 e. The first-order valence-electron chi connectivity index (χ1n) is 4.45. The van der Waals surface area contributed by atoms with Gasteiger partial charge < -0.3 is 4.90 Å². The molecule has 2 heterocycles. The maximum atomic E-state index is 11.7. The zero-order valence-corrected chi connectivity index (χ0v) is 7.31. The number of carbonyl (C=O) groups is 1. The van der Waals surface area contributed by atoms with Gasteiger partial charge >= 0.3 is 0 Å². The molecule has 1 aromatic rings. The van der Waals surface area contributed by atoms with E-state index in [1.165, 1.54) is 0 Å². The van der Waals surface area contributed by atoms with Crippen molar-refractivity contribution < 1.29 is 4.79 Å². The van der Waals surface area contributed by atoms with Crippen LogP contribution in [0.15, 0.2) is 18.3 Å². The highest BCUT2D eigenvalue weighted by atomic mass is 16.2. The lowest BCUT2D eigenvalue weighted by Crippen LogP contribution is -2.28. The van der Waals surface area contributed by atoms with E-state index >= 15 is 0 Å². The number of nitrogens with zero attached hydrogens (tertiary/aromatic N) is 3. The Morgan fingerprint density at radius 2 is 2.15 bits per heavy atom. The Bertz CT molecular complexity index is 293. The molecule has 1 fully saturated rings. The van der Waals surface area contributed by atoms with Gasteiger partial charge in [0.15, 0.2) is 5.69 Å². The molecule has 0 radical (unpaired) electrons. The van der Waals surface area contributed by atoms with Crippen LogP contribution < -0.4 is 0 Å². The molecule has 68 valence electrons. The SMILES string of the molecule is O=C(c1cccnn1)N1CCCC1. The standard InChI is InChI=1S/C9H11N3O/c13-9(12-6-1-2-7-12)8-4-3-5-10-11-8/h3-5H,1-2,6-7H2. The number of hydrogen-bond acceptors (Lipinski definition) is 3. The summed E-state index contributed by atoms with van der Waals surface area (Å²) in [7, 11) is 0. The third kappa shape index (κ3) is 1.66. The van der Waals surface area contributed by atoms with E-state index in [0.29, 0.717) is 5.69 Å². The Morgan fingerprint density at radius 3 is 2.77 bits per heavy atom. The third-order valence-corrected chi connectivity index (χ3v) is 2.18. The van der Waals surface area contributed by atoms with Crippen LogP contribution in [0.4, 0.5) is 0 Å². The van der Waals surface area contributed by atoms with Crippen LogP contribution in [0.1, 0.15) is 23.3 Å². The smallest absolute Gasteiger partial charge is 0.274 e. The molecule has 4 heteroatoms.